The van der Waals surface area contributed by atoms with Crippen molar-refractivity contribution in [2.45, 2.75) is 233 Å². The molecule has 4 heterocycles. The van der Waals surface area contributed by atoms with Gasteiger partial charge in [0.15, 0.2) is 0 Å². The minimum absolute atomic E-state index is 0.172. The molecule has 1 aromatic rings. The maximum Gasteiger partial charge on any atom is 0.232 e. The Kier molecular flexibility index (Phi) is 15.5. The van der Waals surface area contributed by atoms with Crippen LogP contribution < -0.4 is 14.7 Å². The van der Waals surface area contributed by atoms with E-state index in [1.54, 1.807) is 0 Å². The normalized spacial score (nSPS) is 24.1. The van der Waals surface area contributed by atoms with Crippen LogP contribution in [0.15, 0.2) is 0 Å². The number of hydrogen-bond acceptors (Lipinski definition) is 12. The molecule has 0 amide bonds. The average Bonchev–Trinajstić information content (AvgIpc) is 3.08. The Morgan fingerprint density at radius 3 is 1.02 bits per heavy atom. The third-order valence-corrected chi connectivity index (χ3v) is 12.8. The molecule has 0 atom stereocenters. The number of hydrogen-bond donors (Lipinski definition) is 0. The van der Waals surface area contributed by atoms with Crippen molar-refractivity contribution in [2.75, 3.05) is 55.2 Å². The molecule has 3 saturated heterocycles. The number of rotatable bonds is 18. The van der Waals surface area contributed by atoms with Crippen molar-refractivity contribution in [1.29, 1.82) is 0 Å². The lowest BCUT2D eigenvalue weighted by Gasteiger charge is -2.56. The van der Waals surface area contributed by atoms with Crippen LogP contribution in [0, 0.1) is 0 Å². The highest BCUT2D eigenvalue weighted by Crippen LogP contribution is 2.45. The molecular formula is C45H87N9O3. The predicted molar refractivity (Wildman–Crippen MR) is 237 cm³/mol. The Hall–Kier alpha value is -1.83. The quantitative estimate of drug-likeness (QED) is 0.142. The highest BCUT2D eigenvalue weighted by atomic mass is 16.7. The Morgan fingerprint density at radius 2 is 0.737 bits per heavy atom. The Labute approximate surface area is 349 Å². The number of unbranched alkanes of at least 4 members (excludes halogenated alkanes) is 1. The molecule has 12 nitrogen and oxygen atoms in total. The van der Waals surface area contributed by atoms with Crippen molar-refractivity contribution in [1.82, 2.24) is 30.1 Å². The standard InChI is InChI=1S/C45H87N9O3/c1-19-23-24-51(36-32-44(13,14)54(57-27-22-4)45(15,16)33-36)39-47-37(49(17)34-28-40(5,6)52(55-25-20-2)41(7,8)29-34)46-38(48-39)50(18)35-30-42(9,10)53(56-26-21-3)43(11,12)31-35/h34-36H,19-33H2,1-18H3. The fourth-order valence-corrected chi connectivity index (χ4v) is 10.9. The minimum Gasteiger partial charge on any atom is -0.341 e. The first-order valence-electron chi connectivity index (χ1n) is 22.7. The van der Waals surface area contributed by atoms with Crippen molar-refractivity contribution in [3.8, 4) is 0 Å². The zero-order chi connectivity index (χ0) is 42.8. The number of hydroxylamine groups is 6. The first-order valence-corrected chi connectivity index (χ1v) is 22.7. The maximum atomic E-state index is 6.47. The van der Waals surface area contributed by atoms with Gasteiger partial charge in [-0.3, -0.25) is 14.5 Å². The highest BCUT2D eigenvalue weighted by molar-refractivity contribution is 5.48. The summed E-state index contributed by atoms with van der Waals surface area (Å²) >= 11 is 0. The summed E-state index contributed by atoms with van der Waals surface area (Å²) in [5.41, 5.74) is -1.03. The highest BCUT2D eigenvalue weighted by Gasteiger charge is 2.51. The summed E-state index contributed by atoms with van der Waals surface area (Å²) in [7, 11) is 4.40. The maximum absolute atomic E-state index is 6.47. The largest absolute Gasteiger partial charge is 0.341 e. The van der Waals surface area contributed by atoms with Crippen molar-refractivity contribution in [3.63, 3.8) is 0 Å². The van der Waals surface area contributed by atoms with E-state index in [0.717, 1.165) is 115 Å². The fraction of sp³-hybridized carbons (Fsp3) is 0.933. The van der Waals surface area contributed by atoms with Crippen molar-refractivity contribution >= 4 is 17.8 Å². The smallest absolute Gasteiger partial charge is 0.232 e. The summed E-state index contributed by atoms with van der Waals surface area (Å²) in [6.45, 7) is 39.7. The topological polar surface area (TPSA) is 85.8 Å². The molecule has 1 aromatic heterocycles. The number of anilines is 3. The van der Waals surface area contributed by atoms with E-state index >= 15 is 0 Å². The van der Waals surface area contributed by atoms with E-state index in [4.69, 9.17) is 29.5 Å². The molecule has 3 aliphatic rings. The van der Waals surface area contributed by atoms with Crippen LogP contribution in [-0.4, -0.2) is 122 Å². The molecule has 57 heavy (non-hydrogen) atoms. The van der Waals surface area contributed by atoms with Gasteiger partial charge >= 0.3 is 0 Å². The molecule has 0 bridgehead atoms. The van der Waals surface area contributed by atoms with Crippen LogP contribution in [0.2, 0.25) is 0 Å². The molecule has 0 N–H and O–H groups in total. The van der Waals surface area contributed by atoms with Gasteiger partial charge < -0.3 is 14.7 Å². The average molecular weight is 802 g/mol. The van der Waals surface area contributed by atoms with Crippen LogP contribution in [0.3, 0.4) is 0 Å². The summed E-state index contributed by atoms with van der Waals surface area (Å²) in [6.07, 6.45) is 10.7. The monoisotopic (exact) mass is 802 g/mol. The molecule has 0 radical (unpaired) electrons. The molecule has 4 rings (SSSR count). The van der Waals surface area contributed by atoms with E-state index in [9.17, 15) is 0 Å². The molecular weight excluding hydrogens is 715 g/mol. The van der Waals surface area contributed by atoms with Gasteiger partial charge in [0.25, 0.3) is 0 Å². The van der Waals surface area contributed by atoms with E-state index < -0.39 is 0 Å². The molecule has 0 saturated carbocycles. The van der Waals surface area contributed by atoms with Crippen molar-refractivity contribution in [2.24, 2.45) is 0 Å². The van der Waals surface area contributed by atoms with Gasteiger partial charge in [0.2, 0.25) is 17.8 Å². The van der Waals surface area contributed by atoms with Crippen molar-refractivity contribution < 1.29 is 14.5 Å². The van der Waals surface area contributed by atoms with Gasteiger partial charge in [0.1, 0.15) is 0 Å². The molecule has 0 aliphatic carbocycles. The number of nitrogens with zero attached hydrogens (tertiary/aromatic N) is 9. The molecule has 0 aromatic carbocycles. The zero-order valence-corrected chi connectivity index (χ0v) is 40.1. The van der Waals surface area contributed by atoms with E-state index in [1.165, 1.54) is 0 Å². The molecule has 3 fully saturated rings. The Morgan fingerprint density at radius 1 is 0.456 bits per heavy atom. The summed E-state index contributed by atoms with van der Waals surface area (Å²) in [5.74, 6) is 2.27. The van der Waals surface area contributed by atoms with Crippen LogP contribution in [-0.2, 0) is 14.5 Å². The first kappa shape index (κ1) is 47.8. The second-order valence-corrected chi connectivity index (χ2v) is 21.4. The lowest BCUT2D eigenvalue weighted by molar-refractivity contribution is -0.282. The van der Waals surface area contributed by atoms with Gasteiger partial charge in [0.05, 0.1) is 19.8 Å². The van der Waals surface area contributed by atoms with Gasteiger partial charge in [-0.15, -0.1) is 0 Å². The summed E-state index contributed by atoms with van der Waals surface area (Å²) in [4.78, 5) is 42.9. The van der Waals surface area contributed by atoms with Gasteiger partial charge in [-0.1, -0.05) is 34.1 Å². The molecule has 330 valence electrons. The SMILES string of the molecule is CCCCN(c1nc(N(C)C2CC(C)(C)N(OCCC)C(C)(C)C2)nc(N(C)C2CC(C)(C)N(OCCC)C(C)(C)C2)n1)C1CC(C)(C)N(OCCC)C(C)(C)C1. The van der Waals surface area contributed by atoms with E-state index in [-0.39, 0.29) is 51.4 Å². The van der Waals surface area contributed by atoms with E-state index in [0.29, 0.717) is 0 Å². The van der Waals surface area contributed by atoms with Crippen LogP contribution in [0.4, 0.5) is 17.8 Å². The van der Waals surface area contributed by atoms with Gasteiger partial charge in [-0.05, 0) is 147 Å². The zero-order valence-electron chi connectivity index (χ0n) is 40.1. The van der Waals surface area contributed by atoms with Gasteiger partial charge in [-0.2, -0.15) is 30.1 Å². The van der Waals surface area contributed by atoms with E-state index in [2.05, 4.69) is 155 Å². The third kappa shape index (κ3) is 10.9. The summed E-state index contributed by atoms with van der Waals surface area (Å²) in [5, 5.41) is 6.81. The van der Waals surface area contributed by atoms with Gasteiger partial charge in [0, 0.05) is 72.0 Å². The second kappa shape index (κ2) is 18.4. The summed E-state index contributed by atoms with van der Waals surface area (Å²) in [6, 6.07) is 0.653. The summed E-state index contributed by atoms with van der Waals surface area (Å²) < 4.78 is 0. The van der Waals surface area contributed by atoms with Crippen LogP contribution in [0.1, 0.15) is 181 Å². The number of aromatic nitrogens is 3. The predicted octanol–water partition coefficient (Wildman–Crippen LogP) is 9.44. The van der Waals surface area contributed by atoms with Crippen LogP contribution in [0.25, 0.3) is 0 Å². The second-order valence-electron chi connectivity index (χ2n) is 21.4. The lowest BCUT2D eigenvalue weighted by atomic mass is 9.78. The fourth-order valence-electron chi connectivity index (χ4n) is 10.9. The Bertz CT molecular complexity index is 1310. The Balaban J connectivity index is 1.82. The first-order chi connectivity index (χ1) is 26.4. The van der Waals surface area contributed by atoms with Crippen molar-refractivity contribution in [3.05, 3.63) is 0 Å². The molecule has 0 spiro atoms. The minimum atomic E-state index is -0.172. The van der Waals surface area contributed by atoms with E-state index in [1.807, 2.05) is 0 Å². The molecule has 3 aliphatic heterocycles. The van der Waals surface area contributed by atoms with Gasteiger partial charge in [-0.25, -0.2) is 0 Å². The molecule has 0 unspecified atom stereocenters. The molecule has 12 heteroatoms. The number of piperidine rings is 3. The lowest BCUT2D eigenvalue weighted by Crippen LogP contribution is -2.64. The third-order valence-electron chi connectivity index (χ3n) is 12.8. The van der Waals surface area contributed by atoms with Crippen LogP contribution >= 0.6 is 0 Å². The van der Waals surface area contributed by atoms with Crippen LogP contribution in [0.5, 0.6) is 0 Å².